The summed E-state index contributed by atoms with van der Waals surface area (Å²) in [6.45, 7) is 1.90. The maximum absolute atomic E-state index is 11.8. The summed E-state index contributed by atoms with van der Waals surface area (Å²) < 4.78 is 10.5. The maximum atomic E-state index is 11.8. The Morgan fingerprint density at radius 3 is 2.75 bits per heavy atom. The van der Waals surface area contributed by atoms with Crippen LogP contribution >= 0.6 is 0 Å². The second-order valence-corrected chi connectivity index (χ2v) is 5.07. The van der Waals surface area contributed by atoms with Gasteiger partial charge in [0.2, 0.25) is 0 Å². The van der Waals surface area contributed by atoms with Gasteiger partial charge < -0.3 is 14.4 Å². The first-order chi connectivity index (χ1) is 9.67. The van der Waals surface area contributed by atoms with Crippen molar-refractivity contribution >= 4 is 12.0 Å². The van der Waals surface area contributed by atoms with Gasteiger partial charge in [0, 0.05) is 12.6 Å². The van der Waals surface area contributed by atoms with Crippen LogP contribution in [0.3, 0.4) is 0 Å². The van der Waals surface area contributed by atoms with Gasteiger partial charge in [-0.25, -0.2) is 4.79 Å². The highest BCUT2D eigenvalue weighted by molar-refractivity contribution is 5.87. The molecule has 0 aromatic heterocycles. The van der Waals surface area contributed by atoms with Crippen molar-refractivity contribution < 1.29 is 14.3 Å². The number of carbonyl (C=O) groups excluding carboxylic acids is 1. The number of likely N-dealkylation sites (N-methyl/N-ethyl adjacent to an activating group) is 1. The average molecular weight is 275 g/mol. The minimum absolute atomic E-state index is 0.0155. The van der Waals surface area contributed by atoms with Crippen LogP contribution in [-0.4, -0.2) is 44.2 Å². The lowest BCUT2D eigenvalue weighted by molar-refractivity contribution is -0.145. The summed E-state index contributed by atoms with van der Waals surface area (Å²) in [4.78, 5) is 14.0. The number of nitrogens with zero attached hydrogens (tertiary/aromatic N) is 1. The highest BCUT2D eigenvalue weighted by atomic mass is 16.5. The summed E-state index contributed by atoms with van der Waals surface area (Å²) in [5.41, 5.74) is 0.948. The number of esters is 1. The van der Waals surface area contributed by atoms with Gasteiger partial charge in [-0.05, 0) is 50.2 Å². The fourth-order valence-electron chi connectivity index (χ4n) is 2.30. The van der Waals surface area contributed by atoms with Crippen LogP contribution in [0.1, 0.15) is 18.4 Å². The molecule has 4 heteroatoms. The van der Waals surface area contributed by atoms with Crippen LogP contribution in [0.2, 0.25) is 0 Å². The Morgan fingerprint density at radius 2 is 2.10 bits per heavy atom. The van der Waals surface area contributed by atoms with E-state index in [2.05, 4.69) is 4.90 Å². The first-order valence-corrected chi connectivity index (χ1v) is 6.88. The molecule has 1 aliphatic rings. The van der Waals surface area contributed by atoms with Crippen LogP contribution in [0.25, 0.3) is 6.08 Å². The van der Waals surface area contributed by atoms with Gasteiger partial charge in [0.25, 0.3) is 0 Å². The summed E-state index contributed by atoms with van der Waals surface area (Å²) >= 11 is 0. The summed E-state index contributed by atoms with van der Waals surface area (Å²) in [6.07, 6.45) is 5.29. The van der Waals surface area contributed by atoms with E-state index in [1.807, 2.05) is 31.3 Å². The minimum atomic E-state index is -0.277. The molecule has 1 atom stereocenters. The zero-order valence-corrected chi connectivity index (χ0v) is 12.0. The van der Waals surface area contributed by atoms with Crippen molar-refractivity contribution in [1.82, 2.24) is 4.90 Å². The Bertz CT molecular complexity index is 467. The zero-order chi connectivity index (χ0) is 14.4. The molecule has 0 N–H and O–H groups in total. The fourth-order valence-corrected chi connectivity index (χ4v) is 2.30. The van der Waals surface area contributed by atoms with Crippen LogP contribution in [0, 0.1) is 0 Å². The number of benzene rings is 1. The Labute approximate surface area is 120 Å². The number of rotatable bonds is 4. The van der Waals surface area contributed by atoms with E-state index in [0.29, 0.717) is 0 Å². The molecule has 20 heavy (non-hydrogen) atoms. The van der Waals surface area contributed by atoms with Crippen LogP contribution in [0.15, 0.2) is 30.3 Å². The van der Waals surface area contributed by atoms with E-state index in [1.54, 1.807) is 13.2 Å². The van der Waals surface area contributed by atoms with Gasteiger partial charge in [-0.15, -0.1) is 0 Å². The summed E-state index contributed by atoms with van der Waals surface area (Å²) in [6, 6.07) is 7.52. The summed E-state index contributed by atoms with van der Waals surface area (Å²) in [5.74, 6) is 0.524. The Hall–Kier alpha value is -1.81. The van der Waals surface area contributed by atoms with Crippen LogP contribution in [-0.2, 0) is 9.53 Å². The standard InChI is InChI=1S/C16H21NO3/c1-17-11-3-4-15(12-17)20-16(18)10-7-13-5-8-14(19-2)9-6-13/h5-10,15H,3-4,11-12H2,1-2H3/b10-7+. The molecule has 1 unspecified atom stereocenters. The number of hydrogen-bond donors (Lipinski definition) is 0. The molecule has 0 radical (unpaired) electrons. The van der Waals surface area contributed by atoms with E-state index >= 15 is 0 Å². The first-order valence-electron chi connectivity index (χ1n) is 6.88. The van der Waals surface area contributed by atoms with Crippen molar-refractivity contribution in [2.75, 3.05) is 27.2 Å². The van der Waals surface area contributed by atoms with Gasteiger partial charge in [0.05, 0.1) is 7.11 Å². The van der Waals surface area contributed by atoms with E-state index in [-0.39, 0.29) is 12.1 Å². The molecule has 0 bridgehead atoms. The van der Waals surface area contributed by atoms with Gasteiger partial charge in [-0.3, -0.25) is 0 Å². The summed E-state index contributed by atoms with van der Waals surface area (Å²) in [5, 5.41) is 0. The van der Waals surface area contributed by atoms with Crippen molar-refractivity contribution in [2.45, 2.75) is 18.9 Å². The lowest BCUT2D eigenvalue weighted by Gasteiger charge is -2.28. The topological polar surface area (TPSA) is 38.8 Å². The quantitative estimate of drug-likeness (QED) is 0.624. The fraction of sp³-hybridized carbons (Fsp3) is 0.438. The van der Waals surface area contributed by atoms with Crippen molar-refractivity contribution in [3.8, 4) is 5.75 Å². The van der Waals surface area contributed by atoms with E-state index in [4.69, 9.17) is 9.47 Å². The minimum Gasteiger partial charge on any atom is -0.497 e. The molecule has 0 amide bonds. The van der Waals surface area contributed by atoms with Crippen molar-refractivity contribution in [1.29, 1.82) is 0 Å². The molecule has 1 aromatic rings. The van der Waals surface area contributed by atoms with Crippen LogP contribution in [0.4, 0.5) is 0 Å². The largest absolute Gasteiger partial charge is 0.497 e. The van der Waals surface area contributed by atoms with E-state index in [0.717, 1.165) is 37.2 Å². The second kappa shape index (κ2) is 7.10. The molecule has 4 nitrogen and oxygen atoms in total. The molecule has 108 valence electrons. The highest BCUT2D eigenvalue weighted by Crippen LogP contribution is 2.14. The molecule has 1 fully saturated rings. The Kier molecular flexibility index (Phi) is 5.18. The molecule has 0 saturated carbocycles. The molecule has 0 aliphatic carbocycles. The Morgan fingerprint density at radius 1 is 1.35 bits per heavy atom. The lowest BCUT2D eigenvalue weighted by atomic mass is 10.1. The molecular weight excluding hydrogens is 254 g/mol. The first kappa shape index (κ1) is 14.6. The maximum Gasteiger partial charge on any atom is 0.331 e. The van der Waals surface area contributed by atoms with Gasteiger partial charge in [0.15, 0.2) is 0 Å². The smallest absolute Gasteiger partial charge is 0.331 e. The number of ether oxygens (including phenoxy) is 2. The molecule has 0 spiro atoms. The molecule has 1 aromatic carbocycles. The number of likely N-dealkylation sites (tertiary alicyclic amines) is 1. The van der Waals surface area contributed by atoms with Gasteiger partial charge >= 0.3 is 5.97 Å². The molecule has 1 saturated heterocycles. The zero-order valence-electron chi connectivity index (χ0n) is 12.0. The number of piperidine rings is 1. The molecular formula is C16H21NO3. The van der Waals surface area contributed by atoms with Gasteiger partial charge in [0.1, 0.15) is 11.9 Å². The lowest BCUT2D eigenvalue weighted by Crippen LogP contribution is -2.37. The number of methoxy groups -OCH3 is 1. The third-order valence-electron chi connectivity index (χ3n) is 3.39. The van der Waals surface area contributed by atoms with Crippen molar-refractivity contribution in [2.24, 2.45) is 0 Å². The van der Waals surface area contributed by atoms with Crippen molar-refractivity contribution in [3.05, 3.63) is 35.9 Å². The predicted molar refractivity (Wildman–Crippen MR) is 78.6 cm³/mol. The predicted octanol–water partition coefficient (Wildman–Crippen LogP) is 2.35. The third-order valence-corrected chi connectivity index (χ3v) is 3.39. The molecule has 2 rings (SSSR count). The van der Waals surface area contributed by atoms with Gasteiger partial charge in [-0.1, -0.05) is 12.1 Å². The van der Waals surface area contributed by atoms with E-state index in [9.17, 15) is 4.79 Å². The number of hydrogen-bond acceptors (Lipinski definition) is 4. The van der Waals surface area contributed by atoms with E-state index in [1.165, 1.54) is 6.08 Å². The molecule has 1 aliphatic heterocycles. The van der Waals surface area contributed by atoms with Crippen LogP contribution < -0.4 is 4.74 Å². The van der Waals surface area contributed by atoms with Gasteiger partial charge in [-0.2, -0.15) is 0 Å². The SMILES string of the molecule is COc1ccc(/C=C/C(=O)OC2CCCN(C)C2)cc1. The third kappa shape index (κ3) is 4.38. The Balaban J connectivity index is 1.85. The van der Waals surface area contributed by atoms with Crippen molar-refractivity contribution in [3.63, 3.8) is 0 Å². The average Bonchev–Trinajstić information content (AvgIpc) is 2.46. The number of carbonyl (C=O) groups is 1. The highest BCUT2D eigenvalue weighted by Gasteiger charge is 2.19. The van der Waals surface area contributed by atoms with E-state index < -0.39 is 0 Å². The second-order valence-electron chi connectivity index (χ2n) is 5.07. The monoisotopic (exact) mass is 275 g/mol. The molecule has 1 heterocycles. The van der Waals surface area contributed by atoms with Crippen LogP contribution in [0.5, 0.6) is 5.75 Å². The summed E-state index contributed by atoms with van der Waals surface area (Å²) in [7, 11) is 3.68. The normalized spacial score (nSPS) is 20.0.